The summed E-state index contributed by atoms with van der Waals surface area (Å²) in [6.07, 6.45) is 5.55. The molecule has 0 atom stereocenters. The van der Waals surface area contributed by atoms with E-state index in [1.807, 2.05) is 6.20 Å². The largest absolute Gasteiger partial charge is 0.361 e. The van der Waals surface area contributed by atoms with Crippen molar-refractivity contribution in [3.63, 3.8) is 0 Å². The maximum Gasteiger partial charge on any atom is 0.0893 e. The molecular weight excluding hydrogens is 330 g/mol. The van der Waals surface area contributed by atoms with Gasteiger partial charge in [-0.25, -0.2) is 0 Å². The van der Waals surface area contributed by atoms with Crippen LogP contribution in [0, 0.1) is 0 Å². The number of hydrogen-bond acceptors (Lipinski definition) is 2. The minimum atomic E-state index is -0.00228. The number of H-pyrrole nitrogens is 1. The fourth-order valence-electron chi connectivity index (χ4n) is 3.67. The molecule has 0 saturated heterocycles. The lowest BCUT2D eigenvalue weighted by Crippen LogP contribution is -2.14. The number of nitrogens with zero attached hydrogens (tertiary/aromatic N) is 2. The summed E-state index contributed by atoms with van der Waals surface area (Å²) < 4.78 is 0. The van der Waals surface area contributed by atoms with E-state index in [1.165, 1.54) is 33.2 Å². The second kappa shape index (κ2) is 5.91. The van der Waals surface area contributed by atoms with Crippen molar-refractivity contribution >= 4 is 21.9 Å². The molecule has 4 rings (SSSR count). The van der Waals surface area contributed by atoms with Gasteiger partial charge in [-0.15, -0.1) is 0 Å². The number of fused-ring (bicyclic) bond motifs is 2. The molecule has 2 heterocycles. The summed E-state index contributed by atoms with van der Waals surface area (Å²) in [5, 5.41) is 1.25. The molecule has 3 nitrogen and oxygen atoms in total. The van der Waals surface area contributed by atoms with Crippen molar-refractivity contribution in [2.24, 2.45) is 0 Å². The Kier molecular flexibility index (Phi) is 3.88. The zero-order valence-corrected chi connectivity index (χ0v) is 17.0. The third kappa shape index (κ3) is 3.12. The third-order valence-electron chi connectivity index (χ3n) is 5.23. The molecule has 0 amide bonds. The second-order valence-electron chi connectivity index (χ2n) is 9.41. The molecule has 3 heteroatoms. The van der Waals surface area contributed by atoms with Gasteiger partial charge in [0.25, 0.3) is 0 Å². The summed E-state index contributed by atoms with van der Waals surface area (Å²) >= 11 is 0. The number of benzene rings is 2. The quantitative estimate of drug-likeness (QED) is 0.430. The van der Waals surface area contributed by atoms with Crippen LogP contribution in [0.25, 0.3) is 33.1 Å². The van der Waals surface area contributed by atoms with E-state index in [4.69, 9.17) is 0 Å². The first-order chi connectivity index (χ1) is 12.6. The molecule has 0 aliphatic heterocycles. The molecule has 0 bridgehead atoms. The maximum atomic E-state index is 4.56. The highest BCUT2D eigenvalue weighted by Crippen LogP contribution is 2.40. The van der Waals surface area contributed by atoms with Gasteiger partial charge in [0.05, 0.1) is 16.6 Å². The Bertz CT molecular complexity index is 1140. The van der Waals surface area contributed by atoms with E-state index in [1.54, 1.807) is 12.4 Å². The Morgan fingerprint density at radius 3 is 2.04 bits per heavy atom. The van der Waals surface area contributed by atoms with E-state index in [2.05, 4.69) is 86.8 Å². The highest BCUT2D eigenvalue weighted by Gasteiger charge is 2.23. The lowest BCUT2D eigenvalue weighted by Gasteiger charge is -2.25. The van der Waals surface area contributed by atoms with Crippen LogP contribution in [0.4, 0.5) is 0 Å². The molecule has 4 aromatic rings. The monoisotopic (exact) mass is 357 g/mol. The van der Waals surface area contributed by atoms with Crippen LogP contribution in [-0.2, 0) is 10.8 Å². The van der Waals surface area contributed by atoms with Crippen molar-refractivity contribution in [1.29, 1.82) is 0 Å². The van der Waals surface area contributed by atoms with Gasteiger partial charge < -0.3 is 4.98 Å². The Morgan fingerprint density at radius 2 is 1.41 bits per heavy atom. The zero-order chi connectivity index (χ0) is 19.4. The van der Waals surface area contributed by atoms with Gasteiger partial charge in [-0.2, -0.15) is 0 Å². The Hall–Kier alpha value is -2.68. The number of aromatic amines is 1. The lowest BCUT2D eigenvalue weighted by molar-refractivity contribution is 0.590. The number of hydrogen-bond donors (Lipinski definition) is 1. The van der Waals surface area contributed by atoms with Crippen LogP contribution in [0.2, 0.25) is 0 Å². The molecule has 138 valence electrons. The number of aromatic nitrogens is 3. The summed E-state index contributed by atoms with van der Waals surface area (Å²) in [4.78, 5) is 12.5. The SMILES string of the molecule is CC(C)(C)c1cc(-c2cc3nccnc3cc2C(C)(C)C)c2[nH]ccc2c1. The standard InChI is InChI=1S/C24H27N3/c1-23(2,3)16-11-15-7-8-27-22(15)18(12-16)17-13-20-21(26-10-9-25-20)14-19(17)24(4,5)6/h7-14,27H,1-6H3. The van der Waals surface area contributed by atoms with Crippen molar-refractivity contribution < 1.29 is 0 Å². The third-order valence-corrected chi connectivity index (χ3v) is 5.23. The average molecular weight is 358 g/mol. The van der Waals surface area contributed by atoms with Crippen molar-refractivity contribution in [2.45, 2.75) is 52.4 Å². The minimum absolute atomic E-state index is 0.00228. The molecule has 0 radical (unpaired) electrons. The van der Waals surface area contributed by atoms with E-state index in [0.29, 0.717) is 0 Å². The first-order valence-electron chi connectivity index (χ1n) is 9.52. The number of rotatable bonds is 1. The molecule has 0 aliphatic rings. The predicted molar refractivity (Wildman–Crippen MR) is 114 cm³/mol. The van der Waals surface area contributed by atoms with Crippen molar-refractivity contribution in [3.05, 3.63) is 60.0 Å². The summed E-state index contributed by atoms with van der Waals surface area (Å²) in [5.41, 5.74) is 8.23. The Labute approximate surface area is 160 Å². The fraction of sp³-hybridized carbons (Fsp3) is 0.333. The summed E-state index contributed by atoms with van der Waals surface area (Å²) in [7, 11) is 0. The Balaban J connectivity index is 2.11. The highest BCUT2D eigenvalue weighted by atomic mass is 14.8. The second-order valence-corrected chi connectivity index (χ2v) is 9.41. The normalized spacial score (nSPS) is 12.8. The van der Waals surface area contributed by atoms with Crippen LogP contribution in [0.1, 0.15) is 52.7 Å². The Morgan fingerprint density at radius 1 is 0.741 bits per heavy atom. The molecule has 1 N–H and O–H groups in total. The van der Waals surface area contributed by atoms with E-state index >= 15 is 0 Å². The van der Waals surface area contributed by atoms with E-state index in [0.717, 1.165) is 11.0 Å². The molecule has 2 aromatic carbocycles. The predicted octanol–water partition coefficient (Wildman–Crippen LogP) is 6.37. The van der Waals surface area contributed by atoms with Crippen molar-refractivity contribution in [3.8, 4) is 11.1 Å². The average Bonchev–Trinajstić information content (AvgIpc) is 3.07. The summed E-state index contributed by atoms with van der Waals surface area (Å²) in [6, 6.07) is 11.2. The van der Waals surface area contributed by atoms with Crippen molar-refractivity contribution in [1.82, 2.24) is 15.0 Å². The van der Waals surface area contributed by atoms with E-state index < -0.39 is 0 Å². The van der Waals surface area contributed by atoms with Gasteiger partial charge in [-0.3, -0.25) is 9.97 Å². The van der Waals surface area contributed by atoms with Gasteiger partial charge >= 0.3 is 0 Å². The molecule has 2 aromatic heterocycles. The van der Waals surface area contributed by atoms with Gasteiger partial charge in [0.1, 0.15) is 0 Å². The molecular formula is C24H27N3. The van der Waals surface area contributed by atoms with Gasteiger partial charge in [-0.1, -0.05) is 41.5 Å². The van der Waals surface area contributed by atoms with Crippen LogP contribution in [0.5, 0.6) is 0 Å². The van der Waals surface area contributed by atoms with Crippen molar-refractivity contribution in [2.75, 3.05) is 0 Å². The first kappa shape index (κ1) is 17.7. The first-order valence-corrected chi connectivity index (χ1v) is 9.52. The highest BCUT2D eigenvalue weighted by molar-refractivity contribution is 5.98. The lowest BCUT2D eigenvalue weighted by atomic mass is 9.79. The molecule has 27 heavy (non-hydrogen) atoms. The topological polar surface area (TPSA) is 41.6 Å². The smallest absolute Gasteiger partial charge is 0.0893 e. The van der Waals surface area contributed by atoms with Crippen LogP contribution >= 0.6 is 0 Å². The zero-order valence-electron chi connectivity index (χ0n) is 17.0. The summed E-state index contributed by atoms with van der Waals surface area (Å²) in [6.45, 7) is 13.6. The van der Waals surface area contributed by atoms with Crippen LogP contribution < -0.4 is 0 Å². The fourth-order valence-corrected chi connectivity index (χ4v) is 3.67. The van der Waals surface area contributed by atoms with Crippen LogP contribution in [-0.4, -0.2) is 15.0 Å². The van der Waals surface area contributed by atoms with Gasteiger partial charge in [0.2, 0.25) is 0 Å². The van der Waals surface area contributed by atoms with E-state index in [9.17, 15) is 0 Å². The molecule has 0 fully saturated rings. The van der Waals surface area contributed by atoms with Gasteiger partial charge in [0, 0.05) is 29.5 Å². The summed E-state index contributed by atoms with van der Waals surface area (Å²) in [5.74, 6) is 0. The molecule has 0 unspecified atom stereocenters. The molecule has 0 saturated carbocycles. The minimum Gasteiger partial charge on any atom is -0.361 e. The molecule has 0 aliphatic carbocycles. The van der Waals surface area contributed by atoms with Crippen LogP contribution in [0.15, 0.2) is 48.9 Å². The van der Waals surface area contributed by atoms with Gasteiger partial charge in [-0.05, 0) is 57.9 Å². The molecule has 0 spiro atoms. The van der Waals surface area contributed by atoms with Gasteiger partial charge in [0.15, 0.2) is 0 Å². The van der Waals surface area contributed by atoms with E-state index in [-0.39, 0.29) is 10.8 Å². The van der Waals surface area contributed by atoms with Crippen LogP contribution in [0.3, 0.4) is 0 Å². The number of nitrogens with one attached hydrogen (secondary N) is 1. The maximum absolute atomic E-state index is 4.56.